The van der Waals surface area contributed by atoms with Gasteiger partial charge in [-0.15, -0.1) is 0 Å². The molecule has 7 nitrogen and oxygen atoms in total. The SMILES string of the molecule is COc1ccccc1CNC(=O)[C@H]1C[C@@H](O)[C@H](O)[C@@H]2N=C(Nc3ccc(C)cc3)S[C@@H]21. The summed E-state index contributed by atoms with van der Waals surface area (Å²) in [5.74, 6) is 0.0817. The van der Waals surface area contributed by atoms with E-state index in [2.05, 4.69) is 15.6 Å². The molecule has 164 valence electrons. The Morgan fingerprint density at radius 1 is 1.19 bits per heavy atom. The minimum atomic E-state index is -0.994. The molecule has 4 rings (SSSR count). The average Bonchev–Trinajstić information content (AvgIpc) is 3.20. The Morgan fingerprint density at radius 2 is 1.94 bits per heavy atom. The van der Waals surface area contributed by atoms with E-state index < -0.39 is 24.2 Å². The highest BCUT2D eigenvalue weighted by Gasteiger charge is 2.50. The summed E-state index contributed by atoms with van der Waals surface area (Å²) in [5.41, 5.74) is 2.93. The normalized spacial score (nSPS) is 27.2. The van der Waals surface area contributed by atoms with Crippen LogP contribution >= 0.6 is 11.8 Å². The molecule has 4 N–H and O–H groups in total. The maximum Gasteiger partial charge on any atom is 0.224 e. The molecule has 8 heteroatoms. The van der Waals surface area contributed by atoms with Crippen LogP contribution in [0.4, 0.5) is 5.69 Å². The van der Waals surface area contributed by atoms with E-state index in [-0.39, 0.29) is 17.6 Å². The summed E-state index contributed by atoms with van der Waals surface area (Å²) in [6, 6.07) is 14.9. The molecule has 2 aromatic carbocycles. The van der Waals surface area contributed by atoms with Gasteiger partial charge in [-0.3, -0.25) is 9.79 Å². The van der Waals surface area contributed by atoms with Gasteiger partial charge < -0.3 is 25.6 Å². The Kier molecular flexibility index (Phi) is 6.50. The van der Waals surface area contributed by atoms with Crippen LogP contribution in [0, 0.1) is 12.8 Å². The van der Waals surface area contributed by atoms with Crippen LogP contribution in [-0.2, 0) is 11.3 Å². The third kappa shape index (κ3) is 4.71. The number of hydrogen-bond donors (Lipinski definition) is 4. The number of ether oxygens (including phenoxy) is 1. The number of rotatable bonds is 5. The quantitative estimate of drug-likeness (QED) is 0.568. The van der Waals surface area contributed by atoms with Gasteiger partial charge in [-0.2, -0.15) is 0 Å². The Morgan fingerprint density at radius 3 is 2.68 bits per heavy atom. The molecule has 31 heavy (non-hydrogen) atoms. The number of para-hydroxylation sites is 1. The summed E-state index contributed by atoms with van der Waals surface area (Å²) in [5, 5.41) is 27.5. The van der Waals surface area contributed by atoms with E-state index in [1.54, 1.807) is 7.11 Å². The smallest absolute Gasteiger partial charge is 0.224 e. The van der Waals surface area contributed by atoms with Crippen molar-refractivity contribution in [3.05, 3.63) is 59.7 Å². The van der Waals surface area contributed by atoms with Crippen LogP contribution in [0.25, 0.3) is 0 Å². The molecule has 1 saturated carbocycles. The number of carbonyl (C=O) groups excluding carboxylic acids is 1. The topological polar surface area (TPSA) is 103 Å². The van der Waals surface area contributed by atoms with E-state index in [1.807, 2.05) is 55.5 Å². The van der Waals surface area contributed by atoms with E-state index in [4.69, 9.17) is 4.74 Å². The molecule has 5 atom stereocenters. The van der Waals surface area contributed by atoms with Crippen LogP contribution in [0.1, 0.15) is 17.5 Å². The van der Waals surface area contributed by atoms with Crippen LogP contribution in [-0.4, -0.2) is 51.9 Å². The lowest BCUT2D eigenvalue weighted by Gasteiger charge is -2.37. The third-order valence-corrected chi connectivity index (χ3v) is 7.08. The van der Waals surface area contributed by atoms with E-state index >= 15 is 0 Å². The average molecular weight is 442 g/mol. The summed E-state index contributed by atoms with van der Waals surface area (Å²) in [6.07, 6.45) is -1.79. The van der Waals surface area contributed by atoms with E-state index in [0.717, 1.165) is 16.8 Å². The summed E-state index contributed by atoms with van der Waals surface area (Å²) in [7, 11) is 1.60. The first-order chi connectivity index (χ1) is 15.0. The number of nitrogens with zero attached hydrogens (tertiary/aromatic N) is 1. The molecule has 2 aliphatic rings. The molecule has 0 bridgehead atoms. The number of carbonyl (C=O) groups is 1. The fourth-order valence-electron chi connectivity index (χ4n) is 4.03. The number of nitrogens with one attached hydrogen (secondary N) is 2. The first-order valence-electron chi connectivity index (χ1n) is 10.3. The zero-order valence-corrected chi connectivity index (χ0v) is 18.3. The lowest BCUT2D eigenvalue weighted by atomic mass is 9.81. The van der Waals surface area contributed by atoms with Crippen molar-refractivity contribution in [3.8, 4) is 5.75 Å². The number of benzene rings is 2. The number of aliphatic imine (C=N–C) groups is 1. The van der Waals surface area contributed by atoms with Gasteiger partial charge in [0.15, 0.2) is 5.17 Å². The molecule has 1 aliphatic carbocycles. The minimum Gasteiger partial charge on any atom is -0.496 e. The third-order valence-electron chi connectivity index (χ3n) is 5.77. The predicted molar refractivity (Wildman–Crippen MR) is 122 cm³/mol. The van der Waals surface area contributed by atoms with E-state index in [0.29, 0.717) is 17.5 Å². The maximum atomic E-state index is 13.0. The number of amidine groups is 1. The van der Waals surface area contributed by atoms with Gasteiger partial charge in [0.25, 0.3) is 0 Å². The van der Waals surface area contributed by atoms with E-state index in [9.17, 15) is 15.0 Å². The largest absolute Gasteiger partial charge is 0.496 e. The van der Waals surface area contributed by atoms with Crippen LogP contribution in [0.15, 0.2) is 53.5 Å². The molecule has 1 fully saturated rings. The second-order valence-electron chi connectivity index (χ2n) is 7.93. The molecule has 1 aliphatic heterocycles. The van der Waals surface area contributed by atoms with E-state index in [1.165, 1.54) is 11.8 Å². The Hall–Kier alpha value is -2.55. The van der Waals surface area contributed by atoms with Gasteiger partial charge >= 0.3 is 0 Å². The van der Waals surface area contributed by atoms with Gasteiger partial charge in [-0.25, -0.2) is 0 Å². The zero-order valence-electron chi connectivity index (χ0n) is 17.5. The van der Waals surface area contributed by atoms with Crippen molar-refractivity contribution in [1.29, 1.82) is 0 Å². The standard InChI is InChI=1S/C23H27N3O4S/c1-13-7-9-15(10-8-13)25-23-26-19-20(28)17(27)11-16(21(19)31-23)22(29)24-12-14-5-3-4-6-18(14)30-2/h3-10,16-17,19-21,27-28H,11-12H2,1-2H3,(H,24,29)(H,25,26)/t16-,17+,19-,20-,21+/m0/s1. The number of aliphatic hydroxyl groups excluding tert-OH is 2. The van der Waals surface area contributed by atoms with Crippen molar-refractivity contribution in [2.45, 2.75) is 43.4 Å². The van der Waals surface area contributed by atoms with Crippen molar-refractivity contribution < 1.29 is 19.7 Å². The number of anilines is 1. The highest BCUT2D eigenvalue weighted by molar-refractivity contribution is 8.15. The first-order valence-corrected chi connectivity index (χ1v) is 11.2. The van der Waals surface area contributed by atoms with Gasteiger partial charge in [0, 0.05) is 23.0 Å². The summed E-state index contributed by atoms with van der Waals surface area (Å²) >= 11 is 1.45. The van der Waals surface area contributed by atoms with Crippen LogP contribution in [0.3, 0.4) is 0 Å². The van der Waals surface area contributed by atoms with Crippen molar-refractivity contribution in [2.75, 3.05) is 12.4 Å². The number of hydrogen-bond acceptors (Lipinski definition) is 7. The number of amides is 1. The Bertz CT molecular complexity index is 966. The molecular weight excluding hydrogens is 414 g/mol. The number of methoxy groups -OCH3 is 1. The molecule has 0 aromatic heterocycles. The lowest BCUT2D eigenvalue weighted by Crippen LogP contribution is -2.53. The van der Waals surface area contributed by atoms with Crippen LogP contribution in [0.2, 0.25) is 0 Å². The number of fused-ring (bicyclic) bond motifs is 1. The zero-order chi connectivity index (χ0) is 22.0. The summed E-state index contributed by atoms with van der Waals surface area (Å²) < 4.78 is 5.35. The molecule has 0 spiro atoms. The van der Waals surface area contributed by atoms with Crippen LogP contribution < -0.4 is 15.4 Å². The fraction of sp³-hybridized carbons (Fsp3) is 0.391. The summed E-state index contributed by atoms with van der Waals surface area (Å²) in [4.78, 5) is 17.6. The molecule has 0 saturated heterocycles. The van der Waals surface area contributed by atoms with Gasteiger partial charge in [0.05, 0.1) is 25.2 Å². The lowest BCUT2D eigenvalue weighted by molar-refractivity contribution is -0.129. The second-order valence-corrected chi connectivity index (χ2v) is 9.09. The number of thioether (sulfide) groups is 1. The molecular formula is C23H27N3O4S. The van der Waals surface area contributed by atoms with Gasteiger partial charge in [-0.1, -0.05) is 47.7 Å². The van der Waals surface area contributed by atoms with Gasteiger partial charge in [0.2, 0.25) is 5.91 Å². The molecule has 0 radical (unpaired) electrons. The minimum absolute atomic E-state index is 0.161. The Balaban J connectivity index is 1.45. The van der Waals surface area contributed by atoms with Crippen LogP contribution in [0.5, 0.6) is 5.75 Å². The first kappa shape index (κ1) is 21.7. The molecule has 2 aromatic rings. The predicted octanol–water partition coefficient (Wildman–Crippen LogP) is 2.31. The Labute approximate surface area is 185 Å². The number of aryl methyl sites for hydroxylation is 1. The monoisotopic (exact) mass is 441 g/mol. The van der Waals surface area contributed by atoms with Crippen molar-refractivity contribution >= 4 is 28.5 Å². The van der Waals surface area contributed by atoms with Crippen molar-refractivity contribution in [1.82, 2.24) is 5.32 Å². The van der Waals surface area contributed by atoms with Gasteiger partial charge in [-0.05, 0) is 31.5 Å². The summed E-state index contributed by atoms with van der Waals surface area (Å²) in [6.45, 7) is 2.35. The molecule has 1 amide bonds. The second kappa shape index (κ2) is 9.30. The highest BCUT2D eigenvalue weighted by atomic mass is 32.2. The molecule has 1 heterocycles. The van der Waals surface area contributed by atoms with Crippen molar-refractivity contribution in [3.63, 3.8) is 0 Å². The highest BCUT2D eigenvalue weighted by Crippen LogP contribution is 2.41. The van der Waals surface area contributed by atoms with Gasteiger partial charge in [0.1, 0.15) is 11.9 Å². The van der Waals surface area contributed by atoms with Crippen molar-refractivity contribution in [2.24, 2.45) is 10.9 Å². The maximum absolute atomic E-state index is 13.0. The fourth-order valence-corrected chi connectivity index (χ4v) is 5.41. The number of aliphatic hydroxyl groups is 2. The molecule has 0 unspecified atom stereocenters.